The van der Waals surface area contributed by atoms with Gasteiger partial charge in [-0.05, 0) is 36.6 Å². The third kappa shape index (κ3) is 7.84. The van der Waals surface area contributed by atoms with Gasteiger partial charge in [-0.3, -0.25) is 4.79 Å². The molecule has 0 aliphatic carbocycles. The topological polar surface area (TPSA) is 85.9 Å². The number of piperidine rings is 1. The normalized spacial score (nSPS) is 16.8. The Morgan fingerprint density at radius 1 is 1.26 bits per heavy atom. The molecular formula is C29H30F6N4O3S. The first-order valence-corrected chi connectivity index (χ1v) is 14.1. The van der Waals surface area contributed by atoms with Crippen LogP contribution in [0.3, 0.4) is 0 Å². The maximum atomic E-state index is 14.7. The minimum atomic E-state index is -4.55. The Kier molecular flexibility index (Phi) is 9.99. The number of thiophene rings is 1. The average molecular weight is 629 g/mol. The van der Waals surface area contributed by atoms with E-state index < -0.39 is 42.8 Å². The number of aliphatic hydroxyl groups excluding tert-OH is 1. The van der Waals surface area contributed by atoms with Crippen molar-refractivity contribution in [3.05, 3.63) is 52.2 Å². The van der Waals surface area contributed by atoms with Gasteiger partial charge in [0, 0.05) is 19.7 Å². The van der Waals surface area contributed by atoms with E-state index in [9.17, 15) is 31.1 Å². The zero-order chi connectivity index (χ0) is 31.4. The number of hydrogen-bond donors (Lipinski definition) is 4. The summed E-state index contributed by atoms with van der Waals surface area (Å²) in [6, 6.07) is 5.59. The smallest absolute Gasteiger partial charge is 0.393 e. The molecule has 4 N–H and O–H groups in total. The summed E-state index contributed by atoms with van der Waals surface area (Å²) in [5, 5.41) is 17.4. The van der Waals surface area contributed by atoms with Crippen LogP contribution in [0.25, 0.3) is 10.1 Å². The van der Waals surface area contributed by atoms with E-state index in [1.165, 1.54) is 24.1 Å². The predicted molar refractivity (Wildman–Crippen MR) is 154 cm³/mol. The van der Waals surface area contributed by atoms with Gasteiger partial charge >= 0.3 is 6.18 Å². The summed E-state index contributed by atoms with van der Waals surface area (Å²) < 4.78 is 90.5. The fourth-order valence-electron chi connectivity index (χ4n) is 4.78. The highest BCUT2D eigenvalue weighted by Crippen LogP contribution is 2.40. The van der Waals surface area contributed by atoms with E-state index in [2.05, 4.69) is 27.8 Å². The highest BCUT2D eigenvalue weighted by molar-refractivity contribution is 7.20. The second-order valence-corrected chi connectivity index (χ2v) is 11.0. The lowest BCUT2D eigenvalue weighted by Crippen LogP contribution is -2.53. The number of carbonyl (C=O) groups is 1. The molecule has 3 aromatic rings. The molecule has 2 heterocycles. The molecular weight excluding hydrogens is 598 g/mol. The summed E-state index contributed by atoms with van der Waals surface area (Å²) in [4.78, 5) is 13.6. The first kappa shape index (κ1) is 32.2. The molecule has 1 unspecified atom stereocenters. The van der Waals surface area contributed by atoms with E-state index in [1.807, 2.05) is 0 Å². The Balaban J connectivity index is 1.63. The molecule has 1 fully saturated rings. The van der Waals surface area contributed by atoms with Crippen molar-refractivity contribution in [1.29, 1.82) is 0 Å². The third-order valence-electron chi connectivity index (χ3n) is 6.77. The van der Waals surface area contributed by atoms with E-state index >= 15 is 0 Å². The van der Waals surface area contributed by atoms with Gasteiger partial charge in [-0.2, -0.15) is 13.2 Å². The van der Waals surface area contributed by atoms with Gasteiger partial charge in [-0.25, -0.2) is 13.2 Å². The Morgan fingerprint density at radius 2 is 2.02 bits per heavy atom. The summed E-state index contributed by atoms with van der Waals surface area (Å²) >= 11 is 0.975. The lowest BCUT2D eigenvalue weighted by Gasteiger charge is -2.37. The first-order valence-electron chi connectivity index (χ1n) is 13.3. The van der Waals surface area contributed by atoms with E-state index in [-0.39, 0.29) is 59.0 Å². The number of nitrogens with one attached hydrogen (secondary N) is 3. The number of likely N-dealkylation sites (tertiary alicyclic amines) is 1. The Morgan fingerprint density at radius 3 is 2.70 bits per heavy atom. The molecule has 1 aliphatic heterocycles. The minimum Gasteiger partial charge on any atom is -0.489 e. The molecule has 0 saturated carbocycles. The lowest BCUT2D eigenvalue weighted by atomic mass is 10.0. The number of aliphatic hydroxyl groups is 1. The van der Waals surface area contributed by atoms with E-state index in [4.69, 9.17) is 9.84 Å². The van der Waals surface area contributed by atoms with Crippen molar-refractivity contribution in [2.24, 2.45) is 0 Å². The van der Waals surface area contributed by atoms with Crippen LogP contribution in [0.5, 0.6) is 5.75 Å². The summed E-state index contributed by atoms with van der Waals surface area (Å²) in [5.41, 5.74) is 0.0808. The third-order valence-corrected chi connectivity index (χ3v) is 7.97. The summed E-state index contributed by atoms with van der Waals surface area (Å²) in [7, 11) is 2.94. The molecule has 14 heteroatoms. The number of hydrogen-bond acceptors (Lipinski definition) is 7. The Bertz CT molecular complexity index is 1530. The number of rotatable bonds is 9. The van der Waals surface area contributed by atoms with Crippen LogP contribution < -0.4 is 20.7 Å². The van der Waals surface area contributed by atoms with Gasteiger partial charge in [0.2, 0.25) is 0 Å². The van der Waals surface area contributed by atoms with Gasteiger partial charge in [0.1, 0.15) is 18.2 Å². The minimum absolute atomic E-state index is 0.0632. The molecule has 1 atom stereocenters. The first-order chi connectivity index (χ1) is 20.3. The molecule has 0 radical (unpaired) electrons. The van der Waals surface area contributed by atoms with Crippen LogP contribution >= 0.6 is 11.3 Å². The number of alkyl halides is 5. The second-order valence-electron chi connectivity index (χ2n) is 10.0. The fourth-order valence-corrected chi connectivity index (χ4v) is 5.95. The SMILES string of the molecule is CNC(=O)c1cc(OCCO)c(NCC#Cc2sc3c(NC4CCN(C)CC4(F)F)cccc3c2CC(F)(F)F)cc1F. The van der Waals surface area contributed by atoms with E-state index in [1.54, 1.807) is 13.1 Å². The van der Waals surface area contributed by atoms with Crippen molar-refractivity contribution < 1.29 is 41.0 Å². The summed E-state index contributed by atoms with van der Waals surface area (Å²) in [6.45, 7) is -0.601. The number of nitrogens with zero attached hydrogens (tertiary/aromatic N) is 1. The van der Waals surface area contributed by atoms with Gasteiger partial charge in [0.15, 0.2) is 0 Å². The average Bonchev–Trinajstić information content (AvgIpc) is 3.27. The van der Waals surface area contributed by atoms with Crippen LogP contribution in [0, 0.1) is 17.7 Å². The lowest BCUT2D eigenvalue weighted by molar-refractivity contribution is -0.127. The highest BCUT2D eigenvalue weighted by Gasteiger charge is 2.44. The van der Waals surface area contributed by atoms with E-state index in [0.717, 1.165) is 23.5 Å². The van der Waals surface area contributed by atoms with Crippen molar-refractivity contribution in [2.75, 3.05) is 57.6 Å². The molecule has 0 spiro atoms. The number of anilines is 2. The molecule has 1 saturated heterocycles. The van der Waals surface area contributed by atoms with Crippen molar-refractivity contribution in [3.8, 4) is 17.6 Å². The van der Waals surface area contributed by atoms with Crippen LogP contribution in [0.4, 0.5) is 37.7 Å². The maximum Gasteiger partial charge on any atom is 0.393 e. The summed E-state index contributed by atoms with van der Waals surface area (Å²) in [6.07, 6.45) is -5.65. The van der Waals surface area contributed by atoms with Crippen molar-refractivity contribution in [3.63, 3.8) is 0 Å². The number of carbonyl (C=O) groups excluding carboxylic acids is 1. The zero-order valence-electron chi connectivity index (χ0n) is 23.3. The van der Waals surface area contributed by atoms with Gasteiger partial charge in [-0.15, -0.1) is 11.3 Å². The molecule has 7 nitrogen and oxygen atoms in total. The van der Waals surface area contributed by atoms with Gasteiger partial charge in [0.25, 0.3) is 11.8 Å². The Hall–Kier alpha value is -3.67. The number of fused-ring (bicyclic) bond motifs is 1. The largest absolute Gasteiger partial charge is 0.489 e. The number of halogens is 6. The molecule has 4 rings (SSSR count). The molecule has 232 valence electrons. The number of ether oxygens (including phenoxy) is 1. The monoisotopic (exact) mass is 628 g/mol. The van der Waals surface area contributed by atoms with Crippen molar-refractivity contribution >= 4 is 38.7 Å². The maximum absolute atomic E-state index is 14.7. The molecule has 1 aliphatic rings. The predicted octanol–water partition coefficient (Wildman–Crippen LogP) is 5.09. The van der Waals surface area contributed by atoms with Gasteiger partial charge in [0.05, 0.1) is 58.7 Å². The quantitative estimate of drug-likeness (QED) is 0.195. The molecule has 0 bridgehead atoms. The number of amides is 1. The van der Waals surface area contributed by atoms with Crippen LogP contribution in [0.1, 0.15) is 27.2 Å². The van der Waals surface area contributed by atoms with E-state index in [0.29, 0.717) is 16.9 Å². The van der Waals surface area contributed by atoms with Crippen LogP contribution in [0.2, 0.25) is 0 Å². The Labute approximate surface area is 248 Å². The molecule has 1 aromatic heterocycles. The zero-order valence-corrected chi connectivity index (χ0v) is 24.1. The number of benzene rings is 2. The summed E-state index contributed by atoms with van der Waals surface area (Å²) in [5.74, 6) is 0.982. The molecule has 1 amide bonds. The van der Waals surface area contributed by atoms with Gasteiger partial charge in [-0.1, -0.05) is 24.0 Å². The molecule has 43 heavy (non-hydrogen) atoms. The van der Waals surface area contributed by atoms with Crippen LogP contribution in [-0.2, 0) is 6.42 Å². The van der Waals surface area contributed by atoms with Gasteiger partial charge < -0.3 is 30.7 Å². The second kappa shape index (κ2) is 13.3. The van der Waals surface area contributed by atoms with Crippen LogP contribution in [-0.4, -0.2) is 81.0 Å². The fraction of sp³-hybridized carbons (Fsp3) is 0.414. The van der Waals surface area contributed by atoms with Crippen molar-refractivity contribution in [2.45, 2.75) is 31.0 Å². The van der Waals surface area contributed by atoms with Crippen molar-refractivity contribution in [1.82, 2.24) is 10.2 Å². The molecule has 2 aromatic carbocycles. The standard InChI is InChI=1S/C29H30F6N4O3S/c1-36-27(41)18-13-23(42-12-11-40)22(14-20(18)30)37-9-4-7-24-19(15-29(33,34)35)17-5-3-6-21(26(17)43-24)38-25-8-10-39(2)16-28(25,31)32/h3,5-6,13-14,25,37-38,40H,8-12,15-16H2,1-2H3,(H,36,41). The van der Waals surface area contributed by atoms with Crippen LogP contribution in [0.15, 0.2) is 30.3 Å². The highest BCUT2D eigenvalue weighted by atomic mass is 32.1.